The van der Waals surface area contributed by atoms with Gasteiger partial charge < -0.3 is 14.8 Å². The van der Waals surface area contributed by atoms with Crippen LogP contribution < -0.4 is 14.8 Å². The van der Waals surface area contributed by atoms with Crippen molar-refractivity contribution in [2.45, 2.75) is 13.8 Å². The first-order valence-electron chi connectivity index (χ1n) is 8.44. The Kier molecular flexibility index (Phi) is 4.53. The molecular formula is C21H17N3O2S. The number of benzene rings is 2. The molecule has 0 atom stereocenters. The molecule has 0 aliphatic carbocycles. The van der Waals surface area contributed by atoms with Gasteiger partial charge in [0.15, 0.2) is 11.5 Å². The smallest absolute Gasteiger partial charge is 0.231 e. The van der Waals surface area contributed by atoms with Gasteiger partial charge in [0.2, 0.25) is 6.79 Å². The second kappa shape index (κ2) is 7.14. The minimum absolute atomic E-state index is 0.235. The second-order valence-electron chi connectivity index (χ2n) is 6.22. The Labute approximate surface area is 161 Å². The number of hydrogen-bond donors (Lipinski definition) is 1. The van der Waals surface area contributed by atoms with E-state index in [9.17, 15) is 5.26 Å². The number of aromatic nitrogens is 1. The van der Waals surface area contributed by atoms with Gasteiger partial charge in [-0.3, -0.25) is 0 Å². The number of nitriles is 1. The van der Waals surface area contributed by atoms with Crippen LogP contribution in [0.4, 0.5) is 5.69 Å². The number of ether oxygens (including phenoxy) is 2. The first kappa shape index (κ1) is 17.1. The van der Waals surface area contributed by atoms with Gasteiger partial charge >= 0.3 is 0 Å². The SMILES string of the molecule is Cc1ccc(-c2csc(/C(C#N)=C/Nc3ccc4c(c3)OCO4)n2)cc1C. The highest BCUT2D eigenvalue weighted by Gasteiger charge is 2.13. The number of rotatable bonds is 4. The summed E-state index contributed by atoms with van der Waals surface area (Å²) in [6.45, 7) is 4.41. The third-order valence-electron chi connectivity index (χ3n) is 4.41. The number of nitrogens with zero attached hydrogens (tertiary/aromatic N) is 2. The highest BCUT2D eigenvalue weighted by atomic mass is 32.1. The lowest BCUT2D eigenvalue weighted by molar-refractivity contribution is 0.174. The van der Waals surface area contributed by atoms with Crippen molar-refractivity contribution < 1.29 is 9.47 Å². The molecule has 0 radical (unpaired) electrons. The van der Waals surface area contributed by atoms with Gasteiger partial charge in [0.1, 0.15) is 16.6 Å². The summed E-state index contributed by atoms with van der Waals surface area (Å²) >= 11 is 1.46. The Morgan fingerprint density at radius 2 is 2.00 bits per heavy atom. The Bertz CT molecular complexity index is 1080. The highest BCUT2D eigenvalue weighted by Crippen LogP contribution is 2.34. The van der Waals surface area contributed by atoms with Crippen molar-refractivity contribution >= 4 is 22.6 Å². The van der Waals surface area contributed by atoms with E-state index in [2.05, 4.69) is 48.4 Å². The van der Waals surface area contributed by atoms with Crippen molar-refractivity contribution in [1.82, 2.24) is 4.98 Å². The van der Waals surface area contributed by atoms with Gasteiger partial charge in [-0.25, -0.2) is 4.98 Å². The van der Waals surface area contributed by atoms with Crippen LogP contribution in [-0.2, 0) is 0 Å². The van der Waals surface area contributed by atoms with Crippen LogP contribution in [0.3, 0.4) is 0 Å². The molecule has 2 aromatic carbocycles. The average Bonchev–Trinajstić information content (AvgIpc) is 3.34. The van der Waals surface area contributed by atoms with Crippen molar-refractivity contribution in [3.8, 4) is 28.8 Å². The molecule has 0 unspecified atom stereocenters. The quantitative estimate of drug-likeness (QED) is 0.640. The van der Waals surface area contributed by atoms with E-state index in [-0.39, 0.29) is 6.79 Å². The summed E-state index contributed by atoms with van der Waals surface area (Å²) < 4.78 is 10.7. The third kappa shape index (κ3) is 3.50. The Balaban J connectivity index is 1.56. The molecule has 134 valence electrons. The zero-order valence-corrected chi connectivity index (χ0v) is 15.8. The summed E-state index contributed by atoms with van der Waals surface area (Å²) in [6, 6.07) is 14.0. The predicted molar refractivity (Wildman–Crippen MR) is 107 cm³/mol. The predicted octanol–water partition coefficient (Wildman–Crippen LogP) is 5.13. The fourth-order valence-corrected chi connectivity index (χ4v) is 3.51. The molecule has 0 saturated heterocycles. The van der Waals surface area contributed by atoms with Crippen molar-refractivity contribution in [2.24, 2.45) is 0 Å². The zero-order valence-electron chi connectivity index (χ0n) is 14.9. The van der Waals surface area contributed by atoms with E-state index >= 15 is 0 Å². The molecule has 0 spiro atoms. The summed E-state index contributed by atoms with van der Waals surface area (Å²) in [5.41, 5.74) is 5.71. The number of thiazole rings is 1. The van der Waals surface area contributed by atoms with E-state index in [0.29, 0.717) is 16.3 Å². The van der Waals surface area contributed by atoms with Crippen molar-refractivity contribution in [3.05, 3.63) is 64.1 Å². The minimum Gasteiger partial charge on any atom is -0.454 e. The number of aryl methyl sites for hydroxylation is 2. The van der Waals surface area contributed by atoms with Gasteiger partial charge in [-0.05, 0) is 43.2 Å². The highest BCUT2D eigenvalue weighted by molar-refractivity contribution is 7.11. The summed E-state index contributed by atoms with van der Waals surface area (Å²) in [6.07, 6.45) is 1.67. The second-order valence-corrected chi connectivity index (χ2v) is 7.08. The minimum atomic E-state index is 0.235. The molecule has 6 heteroatoms. The molecule has 0 fully saturated rings. The largest absolute Gasteiger partial charge is 0.454 e. The van der Waals surface area contributed by atoms with Gasteiger partial charge in [0, 0.05) is 28.9 Å². The summed E-state index contributed by atoms with van der Waals surface area (Å²) in [5, 5.41) is 15.3. The van der Waals surface area contributed by atoms with E-state index in [1.165, 1.54) is 22.5 Å². The van der Waals surface area contributed by atoms with Crippen LogP contribution in [0.25, 0.3) is 16.8 Å². The van der Waals surface area contributed by atoms with Crippen molar-refractivity contribution in [1.29, 1.82) is 5.26 Å². The van der Waals surface area contributed by atoms with Crippen LogP contribution in [0, 0.1) is 25.2 Å². The topological polar surface area (TPSA) is 67.2 Å². The van der Waals surface area contributed by atoms with Gasteiger partial charge in [-0.2, -0.15) is 5.26 Å². The van der Waals surface area contributed by atoms with E-state index in [1.54, 1.807) is 6.20 Å². The van der Waals surface area contributed by atoms with Crippen LogP contribution in [-0.4, -0.2) is 11.8 Å². The molecule has 1 aliphatic rings. The van der Waals surface area contributed by atoms with Gasteiger partial charge in [-0.1, -0.05) is 12.1 Å². The molecule has 1 aliphatic heterocycles. The number of allylic oxidation sites excluding steroid dienone is 1. The van der Waals surface area contributed by atoms with Crippen molar-refractivity contribution in [3.63, 3.8) is 0 Å². The molecule has 5 nitrogen and oxygen atoms in total. The summed E-state index contributed by atoms with van der Waals surface area (Å²) in [4.78, 5) is 4.64. The van der Waals surface area contributed by atoms with Crippen LogP contribution in [0.1, 0.15) is 16.1 Å². The maximum absolute atomic E-state index is 9.54. The number of fused-ring (bicyclic) bond motifs is 1. The van der Waals surface area contributed by atoms with E-state index in [4.69, 9.17) is 9.47 Å². The lowest BCUT2D eigenvalue weighted by Gasteiger charge is -2.03. The van der Waals surface area contributed by atoms with E-state index in [1.807, 2.05) is 23.6 Å². The van der Waals surface area contributed by atoms with Gasteiger partial charge in [0.25, 0.3) is 0 Å². The lowest BCUT2D eigenvalue weighted by atomic mass is 10.1. The molecule has 4 rings (SSSR count). The molecule has 3 aromatic rings. The van der Waals surface area contributed by atoms with E-state index in [0.717, 1.165) is 22.7 Å². The van der Waals surface area contributed by atoms with Crippen LogP contribution >= 0.6 is 11.3 Å². The first-order chi connectivity index (χ1) is 13.1. The normalized spacial score (nSPS) is 12.7. The first-order valence-corrected chi connectivity index (χ1v) is 9.32. The molecule has 0 saturated carbocycles. The molecule has 0 bridgehead atoms. The standard InChI is InChI=1S/C21H17N3O2S/c1-13-3-4-15(7-14(13)2)18-11-27-21(24-18)16(9-22)10-23-17-5-6-19-20(8-17)26-12-25-19/h3-8,10-11,23H,12H2,1-2H3/b16-10+. The molecular weight excluding hydrogens is 358 g/mol. The Hall–Kier alpha value is -3.30. The fourth-order valence-electron chi connectivity index (χ4n) is 2.71. The molecule has 1 aromatic heterocycles. The van der Waals surface area contributed by atoms with E-state index < -0.39 is 0 Å². The third-order valence-corrected chi connectivity index (χ3v) is 5.29. The fraction of sp³-hybridized carbons (Fsp3) is 0.143. The molecule has 2 heterocycles. The Morgan fingerprint density at radius 3 is 2.81 bits per heavy atom. The van der Waals surface area contributed by atoms with Crippen LogP contribution in [0.2, 0.25) is 0 Å². The monoisotopic (exact) mass is 375 g/mol. The molecule has 27 heavy (non-hydrogen) atoms. The number of hydrogen-bond acceptors (Lipinski definition) is 6. The maximum Gasteiger partial charge on any atom is 0.231 e. The lowest BCUT2D eigenvalue weighted by Crippen LogP contribution is -1.93. The Morgan fingerprint density at radius 1 is 1.15 bits per heavy atom. The van der Waals surface area contributed by atoms with Crippen molar-refractivity contribution in [2.75, 3.05) is 12.1 Å². The van der Waals surface area contributed by atoms with Crippen LogP contribution in [0.15, 0.2) is 48.0 Å². The van der Waals surface area contributed by atoms with Crippen LogP contribution in [0.5, 0.6) is 11.5 Å². The molecule has 1 N–H and O–H groups in total. The molecule has 0 amide bonds. The number of nitrogens with one attached hydrogen (secondary N) is 1. The average molecular weight is 375 g/mol. The van der Waals surface area contributed by atoms with Gasteiger partial charge in [0.05, 0.1) is 5.69 Å². The summed E-state index contributed by atoms with van der Waals surface area (Å²) in [7, 11) is 0. The van der Waals surface area contributed by atoms with Gasteiger partial charge in [-0.15, -0.1) is 11.3 Å². The zero-order chi connectivity index (χ0) is 18.8. The summed E-state index contributed by atoms with van der Waals surface area (Å²) in [5.74, 6) is 1.42. The maximum atomic E-state index is 9.54. The number of anilines is 1.